The molecular weight excluding hydrogens is 339 g/mol. The highest BCUT2D eigenvalue weighted by atomic mass is 35.5. The molecule has 0 aliphatic rings. The molecule has 0 saturated carbocycles. The topological polar surface area (TPSA) is 67.4 Å². The maximum absolute atomic E-state index is 12.1. The van der Waals surface area contributed by atoms with Crippen molar-refractivity contribution in [3.8, 4) is 5.75 Å². The minimum absolute atomic E-state index is 0.168. The lowest BCUT2D eigenvalue weighted by Gasteiger charge is -2.10. The van der Waals surface area contributed by atoms with E-state index in [2.05, 4.69) is 10.9 Å². The molecule has 23 heavy (non-hydrogen) atoms. The average molecular weight is 353 g/mol. The fourth-order valence-corrected chi connectivity index (χ4v) is 2.26. The number of amides is 2. The van der Waals surface area contributed by atoms with E-state index < -0.39 is 11.8 Å². The van der Waals surface area contributed by atoms with Gasteiger partial charge >= 0.3 is 0 Å². The molecule has 2 aromatic carbocycles. The van der Waals surface area contributed by atoms with Crippen molar-refractivity contribution in [1.82, 2.24) is 10.9 Å². The van der Waals surface area contributed by atoms with Crippen LogP contribution in [0.25, 0.3) is 0 Å². The van der Waals surface area contributed by atoms with E-state index in [9.17, 15) is 9.59 Å². The van der Waals surface area contributed by atoms with Crippen LogP contribution in [-0.4, -0.2) is 18.9 Å². The zero-order valence-electron chi connectivity index (χ0n) is 12.4. The fraction of sp³-hybridized carbons (Fsp3) is 0.125. The molecule has 0 bridgehead atoms. The molecule has 0 radical (unpaired) electrons. The zero-order chi connectivity index (χ0) is 17.0. The van der Waals surface area contributed by atoms with Gasteiger partial charge in [0.05, 0.1) is 17.7 Å². The van der Waals surface area contributed by atoms with E-state index in [-0.39, 0.29) is 10.6 Å². The van der Waals surface area contributed by atoms with Crippen LogP contribution in [0.4, 0.5) is 0 Å². The lowest BCUT2D eigenvalue weighted by molar-refractivity contribution is 0.0846. The number of nitrogens with one attached hydrogen (secondary N) is 2. The van der Waals surface area contributed by atoms with Crippen LogP contribution in [0.5, 0.6) is 5.75 Å². The molecule has 0 aliphatic heterocycles. The molecule has 2 aromatic rings. The van der Waals surface area contributed by atoms with E-state index in [1.165, 1.54) is 19.2 Å². The van der Waals surface area contributed by atoms with E-state index in [0.717, 1.165) is 5.56 Å². The van der Waals surface area contributed by atoms with Crippen LogP contribution in [0.1, 0.15) is 26.3 Å². The molecular formula is C16H14Cl2N2O3. The van der Waals surface area contributed by atoms with E-state index >= 15 is 0 Å². The summed E-state index contributed by atoms with van der Waals surface area (Å²) < 4.78 is 5.16. The SMILES string of the molecule is COc1cc(C(=O)NNC(=O)c2cc(Cl)ccc2Cl)ccc1C. The van der Waals surface area contributed by atoms with Crippen LogP contribution >= 0.6 is 23.2 Å². The number of halogens is 2. The second kappa shape index (κ2) is 7.35. The molecule has 0 saturated heterocycles. The number of hydrazine groups is 1. The summed E-state index contributed by atoms with van der Waals surface area (Å²) in [5.41, 5.74) is 6.03. The number of ether oxygens (including phenoxy) is 1. The molecule has 0 atom stereocenters. The predicted octanol–water partition coefficient (Wildman–Crippen LogP) is 3.39. The third kappa shape index (κ3) is 4.15. The second-order valence-corrected chi connectivity index (χ2v) is 5.56. The van der Waals surface area contributed by atoms with Gasteiger partial charge in [-0.25, -0.2) is 0 Å². The fourth-order valence-electron chi connectivity index (χ4n) is 1.89. The summed E-state index contributed by atoms with van der Waals surface area (Å²) >= 11 is 11.8. The normalized spacial score (nSPS) is 10.1. The van der Waals surface area contributed by atoms with Gasteiger partial charge < -0.3 is 4.74 Å². The molecule has 0 unspecified atom stereocenters. The minimum atomic E-state index is -0.565. The highest BCUT2D eigenvalue weighted by molar-refractivity contribution is 6.35. The van der Waals surface area contributed by atoms with Crippen LogP contribution in [-0.2, 0) is 0 Å². The Bertz CT molecular complexity index is 763. The van der Waals surface area contributed by atoms with Gasteiger partial charge in [0.25, 0.3) is 11.8 Å². The number of rotatable bonds is 3. The van der Waals surface area contributed by atoms with Crippen LogP contribution in [0.15, 0.2) is 36.4 Å². The molecule has 0 spiro atoms. The number of carbonyl (C=O) groups is 2. The number of aryl methyl sites for hydroxylation is 1. The summed E-state index contributed by atoms with van der Waals surface area (Å²) in [4.78, 5) is 24.1. The van der Waals surface area contributed by atoms with Gasteiger partial charge in [0.15, 0.2) is 0 Å². The Labute approximate surface area is 143 Å². The quantitative estimate of drug-likeness (QED) is 0.832. The Morgan fingerprint density at radius 1 is 1.00 bits per heavy atom. The first kappa shape index (κ1) is 17.1. The molecule has 2 amide bonds. The van der Waals surface area contributed by atoms with Crippen LogP contribution < -0.4 is 15.6 Å². The second-order valence-electron chi connectivity index (χ2n) is 4.72. The highest BCUT2D eigenvalue weighted by Crippen LogP contribution is 2.20. The van der Waals surface area contributed by atoms with Crippen molar-refractivity contribution < 1.29 is 14.3 Å². The number of methoxy groups -OCH3 is 1. The van der Waals surface area contributed by atoms with Crippen molar-refractivity contribution in [3.05, 3.63) is 63.1 Å². The van der Waals surface area contributed by atoms with E-state index in [1.807, 2.05) is 6.92 Å². The molecule has 120 valence electrons. The Kier molecular flexibility index (Phi) is 5.47. The lowest BCUT2D eigenvalue weighted by Crippen LogP contribution is -2.41. The number of benzene rings is 2. The molecule has 0 heterocycles. The predicted molar refractivity (Wildman–Crippen MR) is 89.1 cm³/mol. The summed E-state index contributed by atoms with van der Waals surface area (Å²) in [5, 5.41) is 0.604. The Balaban J connectivity index is 2.07. The van der Waals surface area contributed by atoms with Gasteiger partial charge in [-0.05, 0) is 42.8 Å². The number of hydrogen-bond acceptors (Lipinski definition) is 3. The highest BCUT2D eigenvalue weighted by Gasteiger charge is 2.13. The van der Waals surface area contributed by atoms with E-state index in [0.29, 0.717) is 16.3 Å². The molecule has 5 nitrogen and oxygen atoms in total. The van der Waals surface area contributed by atoms with Gasteiger partial charge in [-0.15, -0.1) is 0 Å². The smallest absolute Gasteiger partial charge is 0.271 e. The molecule has 0 aromatic heterocycles. The van der Waals surface area contributed by atoms with Crippen molar-refractivity contribution in [3.63, 3.8) is 0 Å². The van der Waals surface area contributed by atoms with Crippen LogP contribution in [0.3, 0.4) is 0 Å². The molecule has 2 rings (SSSR count). The minimum Gasteiger partial charge on any atom is -0.496 e. The average Bonchev–Trinajstić information content (AvgIpc) is 2.55. The summed E-state index contributed by atoms with van der Waals surface area (Å²) in [6.45, 7) is 1.86. The van der Waals surface area contributed by atoms with Gasteiger partial charge in [0.1, 0.15) is 5.75 Å². The lowest BCUT2D eigenvalue weighted by atomic mass is 10.1. The first-order chi connectivity index (χ1) is 10.9. The molecule has 7 heteroatoms. The summed E-state index contributed by atoms with van der Waals surface area (Å²) in [6, 6.07) is 9.46. The third-order valence-electron chi connectivity index (χ3n) is 3.13. The maximum Gasteiger partial charge on any atom is 0.271 e. The number of carbonyl (C=O) groups excluding carboxylic acids is 2. The molecule has 0 fully saturated rings. The zero-order valence-corrected chi connectivity index (χ0v) is 14.0. The van der Waals surface area contributed by atoms with Gasteiger partial charge in [0, 0.05) is 10.6 Å². The summed E-state index contributed by atoms with van der Waals surface area (Å²) in [6.07, 6.45) is 0. The summed E-state index contributed by atoms with van der Waals surface area (Å²) in [7, 11) is 1.52. The van der Waals surface area contributed by atoms with Gasteiger partial charge in [-0.1, -0.05) is 29.3 Å². The molecule has 0 aliphatic carbocycles. The van der Waals surface area contributed by atoms with E-state index in [1.54, 1.807) is 24.3 Å². The Hall–Kier alpha value is -2.24. The van der Waals surface area contributed by atoms with Crippen LogP contribution in [0, 0.1) is 6.92 Å². The van der Waals surface area contributed by atoms with Crippen molar-refractivity contribution in [2.75, 3.05) is 7.11 Å². The molecule has 2 N–H and O–H groups in total. The van der Waals surface area contributed by atoms with Gasteiger partial charge in [-0.2, -0.15) is 0 Å². The Morgan fingerprint density at radius 2 is 1.70 bits per heavy atom. The maximum atomic E-state index is 12.1. The first-order valence-corrected chi connectivity index (χ1v) is 7.38. The standard InChI is InChI=1S/C16H14Cl2N2O3/c1-9-3-4-10(7-14(9)23-2)15(21)19-20-16(22)12-8-11(17)5-6-13(12)18/h3-8H,1-2H3,(H,19,21)(H,20,22). The monoisotopic (exact) mass is 352 g/mol. The van der Waals surface area contributed by atoms with Crippen molar-refractivity contribution >= 4 is 35.0 Å². The summed E-state index contributed by atoms with van der Waals surface area (Å²) in [5.74, 6) is -0.457. The Morgan fingerprint density at radius 3 is 2.39 bits per heavy atom. The van der Waals surface area contributed by atoms with Gasteiger partial charge in [0.2, 0.25) is 0 Å². The first-order valence-electron chi connectivity index (χ1n) is 6.62. The third-order valence-corrected chi connectivity index (χ3v) is 3.70. The van der Waals surface area contributed by atoms with Crippen molar-refractivity contribution in [1.29, 1.82) is 0 Å². The largest absolute Gasteiger partial charge is 0.496 e. The van der Waals surface area contributed by atoms with E-state index in [4.69, 9.17) is 27.9 Å². The van der Waals surface area contributed by atoms with Crippen LogP contribution in [0.2, 0.25) is 10.0 Å². The van der Waals surface area contributed by atoms with Crippen molar-refractivity contribution in [2.45, 2.75) is 6.92 Å². The number of hydrogen-bond donors (Lipinski definition) is 2. The van der Waals surface area contributed by atoms with Gasteiger partial charge in [-0.3, -0.25) is 20.4 Å². The van der Waals surface area contributed by atoms with Crippen molar-refractivity contribution in [2.24, 2.45) is 0 Å².